The third-order valence-corrected chi connectivity index (χ3v) is 4.11. The van der Waals surface area contributed by atoms with Crippen LogP contribution in [0.5, 0.6) is 0 Å². The molecule has 0 aliphatic carbocycles. The Morgan fingerprint density at radius 3 is 2.48 bits per heavy atom. The molecule has 0 aromatic heterocycles. The Labute approximate surface area is 125 Å². The highest BCUT2D eigenvalue weighted by atomic mass is 16.2. The fraction of sp³-hybridized carbons (Fsp3) is 0.211. The summed E-state index contributed by atoms with van der Waals surface area (Å²) < 4.78 is 0. The average molecular weight is 277 g/mol. The van der Waals surface area contributed by atoms with Gasteiger partial charge in [-0.3, -0.25) is 4.79 Å². The summed E-state index contributed by atoms with van der Waals surface area (Å²) in [6.45, 7) is 4.44. The van der Waals surface area contributed by atoms with Gasteiger partial charge in [-0.05, 0) is 35.3 Å². The third kappa shape index (κ3) is 2.62. The molecule has 0 saturated heterocycles. The first-order valence-electron chi connectivity index (χ1n) is 7.29. The quantitative estimate of drug-likeness (QED) is 0.772. The molecule has 2 aromatic rings. The van der Waals surface area contributed by atoms with E-state index in [4.69, 9.17) is 0 Å². The van der Waals surface area contributed by atoms with E-state index in [1.54, 1.807) is 6.92 Å². The SMILES string of the molecule is CC(=O)N1Cc2ccccc2/C(=C\c2ccccc2)C1C. The lowest BCUT2D eigenvalue weighted by Crippen LogP contribution is -2.40. The molecule has 1 amide bonds. The lowest BCUT2D eigenvalue weighted by Gasteiger charge is -2.36. The molecule has 0 spiro atoms. The number of benzene rings is 2. The minimum atomic E-state index is 0.0950. The molecule has 1 aliphatic heterocycles. The summed E-state index contributed by atoms with van der Waals surface area (Å²) in [6, 6.07) is 18.7. The summed E-state index contributed by atoms with van der Waals surface area (Å²) in [4.78, 5) is 13.8. The molecule has 0 bridgehead atoms. The highest BCUT2D eigenvalue weighted by molar-refractivity contribution is 5.89. The maximum atomic E-state index is 11.9. The smallest absolute Gasteiger partial charge is 0.220 e. The van der Waals surface area contributed by atoms with Crippen molar-refractivity contribution in [2.75, 3.05) is 0 Å². The largest absolute Gasteiger partial charge is 0.332 e. The van der Waals surface area contributed by atoms with Gasteiger partial charge in [0.25, 0.3) is 0 Å². The number of rotatable bonds is 1. The van der Waals surface area contributed by atoms with Gasteiger partial charge in [0.05, 0.1) is 6.04 Å². The van der Waals surface area contributed by atoms with Crippen LogP contribution in [0.2, 0.25) is 0 Å². The van der Waals surface area contributed by atoms with Gasteiger partial charge < -0.3 is 4.90 Å². The van der Waals surface area contributed by atoms with Crippen molar-refractivity contribution >= 4 is 17.6 Å². The molecule has 0 N–H and O–H groups in total. The molecule has 3 rings (SSSR count). The van der Waals surface area contributed by atoms with Gasteiger partial charge in [0, 0.05) is 13.5 Å². The second-order valence-electron chi connectivity index (χ2n) is 5.49. The fourth-order valence-electron chi connectivity index (χ4n) is 2.96. The molecular formula is C19H19NO. The monoisotopic (exact) mass is 277 g/mol. The van der Waals surface area contributed by atoms with Crippen molar-refractivity contribution in [2.24, 2.45) is 0 Å². The molecule has 2 heteroatoms. The normalized spacial score (nSPS) is 19.4. The van der Waals surface area contributed by atoms with Crippen molar-refractivity contribution in [1.29, 1.82) is 0 Å². The minimum Gasteiger partial charge on any atom is -0.332 e. The van der Waals surface area contributed by atoms with Crippen molar-refractivity contribution in [1.82, 2.24) is 4.90 Å². The zero-order valence-electron chi connectivity index (χ0n) is 12.4. The molecule has 1 heterocycles. The number of carbonyl (C=O) groups is 1. The molecule has 1 aliphatic rings. The maximum absolute atomic E-state index is 11.9. The highest BCUT2D eigenvalue weighted by Crippen LogP contribution is 2.33. The van der Waals surface area contributed by atoms with Crippen LogP contribution >= 0.6 is 0 Å². The van der Waals surface area contributed by atoms with Gasteiger partial charge in [-0.2, -0.15) is 0 Å². The van der Waals surface area contributed by atoms with Crippen LogP contribution in [0.4, 0.5) is 0 Å². The van der Waals surface area contributed by atoms with Crippen LogP contribution in [0.1, 0.15) is 30.5 Å². The first kappa shape index (κ1) is 13.6. The Kier molecular flexibility index (Phi) is 3.61. The van der Waals surface area contributed by atoms with Gasteiger partial charge in [0.2, 0.25) is 5.91 Å². The van der Waals surface area contributed by atoms with Gasteiger partial charge in [-0.25, -0.2) is 0 Å². The van der Waals surface area contributed by atoms with E-state index >= 15 is 0 Å². The number of fused-ring (bicyclic) bond motifs is 1. The summed E-state index contributed by atoms with van der Waals surface area (Å²) in [5.41, 5.74) is 4.84. The van der Waals surface area contributed by atoms with Crippen molar-refractivity contribution in [3.8, 4) is 0 Å². The number of hydrogen-bond acceptors (Lipinski definition) is 1. The summed E-state index contributed by atoms with van der Waals surface area (Å²) in [5.74, 6) is 0.121. The Morgan fingerprint density at radius 1 is 1.10 bits per heavy atom. The van der Waals surface area contributed by atoms with E-state index in [0.717, 1.165) is 0 Å². The summed E-state index contributed by atoms with van der Waals surface area (Å²) in [5, 5.41) is 0. The minimum absolute atomic E-state index is 0.0950. The lowest BCUT2D eigenvalue weighted by molar-refractivity contribution is -0.130. The molecular weight excluding hydrogens is 258 g/mol. The zero-order chi connectivity index (χ0) is 14.8. The predicted octanol–water partition coefficient (Wildman–Crippen LogP) is 3.98. The molecule has 0 saturated carbocycles. The second kappa shape index (κ2) is 5.57. The number of carbonyl (C=O) groups excluding carboxylic acids is 1. The number of nitrogens with zero attached hydrogens (tertiary/aromatic N) is 1. The molecule has 1 atom stereocenters. The molecule has 0 fully saturated rings. The average Bonchev–Trinajstić information content (AvgIpc) is 2.50. The number of hydrogen-bond donors (Lipinski definition) is 0. The van der Waals surface area contributed by atoms with Gasteiger partial charge in [-0.15, -0.1) is 0 Å². The van der Waals surface area contributed by atoms with Crippen LogP contribution in [0.15, 0.2) is 54.6 Å². The summed E-state index contributed by atoms with van der Waals surface area (Å²) in [6.07, 6.45) is 2.19. The summed E-state index contributed by atoms with van der Waals surface area (Å²) in [7, 11) is 0. The van der Waals surface area contributed by atoms with E-state index in [1.165, 1.54) is 22.3 Å². The Morgan fingerprint density at radius 2 is 1.76 bits per heavy atom. The molecule has 0 radical (unpaired) electrons. The second-order valence-corrected chi connectivity index (χ2v) is 5.49. The highest BCUT2D eigenvalue weighted by Gasteiger charge is 2.28. The van der Waals surface area contributed by atoms with E-state index in [9.17, 15) is 4.79 Å². The Hall–Kier alpha value is -2.35. The Balaban J connectivity index is 2.12. The van der Waals surface area contributed by atoms with E-state index in [2.05, 4.69) is 43.3 Å². The topological polar surface area (TPSA) is 20.3 Å². The molecule has 1 unspecified atom stereocenters. The molecule has 2 nitrogen and oxygen atoms in total. The predicted molar refractivity (Wildman–Crippen MR) is 86.4 cm³/mol. The van der Waals surface area contributed by atoms with Crippen LogP contribution < -0.4 is 0 Å². The van der Waals surface area contributed by atoms with Crippen LogP contribution in [0, 0.1) is 0 Å². The first-order chi connectivity index (χ1) is 10.2. The van der Waals surface area contributed by atoms with Gasteiger partial charge >= 0.3 is 0 Å². The van der Waals surface area contributed by atoms with E-state index in [0.29, 0.717) is 6.54 Å². The molecule has 2 aromatic carbocycles. The van der Waals surface area contributed by atoms with Gasteiger partial charge in [0.1, 0.15) is 0 Å². The standard InChI is InChI=1S/C19H19NO/c1-14-19(12-16-8-4-3-5-9-16)18-11-7-6-10-17(18)13-20(14)15(2)21/h3-12,14H,13H2,1-2H3/b19-12-. The summed E-state index contributed by atoms with van der Waals surface area (Å²) >= 11 is 0. The Bertz CT molecular complexity index is 688. The first-order valence-corrected chi connectivity index (χ1v) is 7.29. The van der Waals surface area contributed by atoms with Crippen LogP contribution in [-0.4, -0.2) is 16.8 Å². The fourth-order valence-corrected chi connectivity index (χ4v) is 2.96. The van der Waals surface area contributed by atoms with Crippen molar-refractivity contribution in [2.45, 2.75) is 26.4 Å². The van der Waals surface area contributed by atoms with E-state index in [1.807, 2.05) is 29.2 Å². The van der Waals surface area contributed by atoms with Crippen molar-refractivity contribution < 1.29 is 4.79 Å². The lowest BCUT2D eigenvalue weighted by atomic mass is 9.88. The third-order valence-electron chi connectivity index (χ3n) is 4.11. The van der Waals surface area contributed by atoms with Crippen LogP contribution in [-0.2, 0) is 11.3 Å². The van der Waals surface area contributed by atoms with E-state index in [-0.39, 0.29) is 11.9 Å². The van der Waals surface area contributed by atoms with E-state index < -0.39 is 0 Å². The van der Waals surface area contributed by atoms with Gasteiger partial charge in [-0.1, -0.05) is 54.6 Å². The van der Waals surface area contributed by atoms with Crippen molar-refractivity contribution in [3.63, 3.8) is 0 Å². The van der Waals surface area contributed by atoms with Crippen LogP contribution in [0.3, 0.4) is 0 Å². The maximum Gasteiger partial charge on any atom is 0.220 e. The molecule has 21 heavy (non-hydrogen) atoms. The van der Waals surface area contributed by atoms with Gasteiger partial charge in [0.15, 0.2) is 0 Å². The van der Waals surface area contributed by atoms with Crippen molar-refractivity contribution in [3.05, 3.63) is 71.3 Å². The van der Waals surface area contributed by atoms with Crippen LogP contribution in [0.25, 0.3) is 11.6 Å². The molecule has 106 valence electrons. The zero-order valence-corrected chi connectivity index (χ0v) is 12.4. The number of amides is 1.